The van der Waals surface area contributed by atoms with Gasteiger partial charge in [-0.05, 0) is 19.3 Å². The Kier molecular flexibility index (Phi) is 4.96. The Balaban J connectivity index is 2.16. The molecule has 0 spiro atoms. The topological polar surface area (TPSA) is 50.3 Å². The highest BCUT2D eigenvalue weighted by Crippen LogP contribution is 2.25. The number of hydrogen-bond donors (Lipinski definition) is 1. The number of ether oxygens (including phenoxy) is 1. The van der Waals surface area contributed by atoms with Gasteiger partial charge >= 0.3 is 0 Å². The highest BCUT2D eigenvalue weighted by molar-refractivity contribution is 5.58. The molecule has 1 aliphatic heterocycles. The molecule has 0 aliphatic carbocycles. The molecule has 1 aromatic heterocycles. The molecule has 1 N–H and O–H groups in total. The second-order valence-corrected chi connectivity index (χ2v) is 5.04. The van der Waals surface area contributed by atoms with Crippen molar-refractivity contribution in [3.05, 3.63) is 11.9 Å². The number of anilines is 2. The van der Waals surface area contributed by atoms with E-state index in [1.54, 1.807) is 6.33 Å². The molecule has 0 saturated carbocycles. The average molecular weight is 264 g/mol. The summed E-state index contributed by atoms with van der Waals surface area (Å²) in [6, 6.07) is 0. The molecule has 1 aromatic rings. The number of likely N-dealkylation sites (N-methyl/N-ethyl adjacent to an activating group) is 1. The summed E-state index contributed by atoms with van der Waals surface area (Å²) in [7, 11) is 3.99. The molecule has 1 fully saturated rings. The number of hydrogen-bond acceptors (Lipinski definition) is 5. The van der Waals surface area contributed by atoms with E-state index in [2.05, 4.69) is 34.2 Å². The van der Waals surface area contributed by atoms with E-state index < -0.39 is 0 Å². The molecule has 0 aromatic carbocycles. The minimum absolute atomic E-state index is 0.340. The van der Waals surface area contributed by atoms with Gasteiger partial charge in [0.15, 0.2) is 0 Å². The molecule has 19 heavy (non-hydrogen) atoms. The van der Waals surface area contributed by atoms with Gasteiger partial charge in [0.2, 0.25) is 0 Å². The smallest absolute Gasteiger partial charge is 0.137 e. The summed E-state index contributed by atoms with van der Waals surface area (Å²) in [5, 5.41) is 3.16. The Labute approximate surface area is 115 Å². The van der Waals surface area contributed by atoms with Crippen molar-refractivity contribution < 1.29 is 4.74 Å². The minimum atomic E-state index is 0.340. The lowest BCUT2D eigenvalue weighted by Gasteiger charge is -2.24. The molecule has 106 valence electrons. The maximum Gasteiger partial charge on any atom is 0.137 e. The van der Waals surface area contributed by atoms with E-state index in [9.17, 15) is 0 Å². The average Bonchev–Trinajstić information content (AvgIpc) is 2.92. The van der Waals surface area contributed by atoms with Crippen LogP contribution < -0.4 is 10.2 Å². The molecule has 0 amide bonds. The van der Waals surface area contributed by atoms with E-state index in [0.29, 0.717) is 6.10 Å². The van der Waals surface area contributed by atoms with Crippen LogP contribution in [-0.4, -0.2) is 43.3 Å². The second kappa shape index (κ2) is 6.70. The molecule has 0 bridgehead atoms. The van der Waals surface area contributed by atoms with Crippen LogP contribution in [-0.2, 0) is 11.2 Å². The molecule has 1 unspecified atom stereocenters. The normalized spacial score (nSPS) is 18.6. The van der Waals surface area contributed by atoms with Gasteiger partial charge in [-0.3, -0.25) is 0 Å². The van der Waals surface area contributed by atoms with Crippen LogP contribution in [0.25, 0.3) is 0 Å². The van der Waals surface area contributed by atoms with Crippen LogP contribution in [0.1, 0.15) is 31.7 Å². The summed E-state index contributed by atoms with van der Waals surface area (Å²) in [5.41, 5.74) is 1.20. The van der Waals surface area contributed by atoms with Gasteiger partial charge in [0, 0.05) is 32.8 Å². The van der Waals surface area contributed by atoms with E-state index >= 15 is 0 Å². The third-order valence-electron chi connectivity index (χ3n) is 3.52. The van der Waals surface area contributed by atoms with E-state index in [1.807, 2.05) is 7.05 Å². The fourth-order valence-corrected chi connectivity index (χ4v) is 2.61. The molecule has 2 rings (SSSR count). The lowest BCUT2D eigenvalue weighted by molar-refractivity contribution is 0.116. The van der Waals surface area contributed by atoms with Crippen molar-refractivity contribution in [2.45, 2.75) is 38.7 Å². The largest absolute Gasteiger partial charge is 0.376 e. The van der Waals surface area contributed by atoms with Gasteiger partial charge in [0.25, 0.3) is 0 Å². The van der Waals surface area contributed by atoms with Crippen molar-refractivity contribution in [2.75, 3.05) is 37.5 Å². The van der Waals surface area contributed by atoms with Gasteiger partial charge in [-0.25, -0.2) is 9.97 Å². The van der Waals surface area contributed by atoms with Crippen molar-refractivity contribution in [2.24, 2.45) is 0 Å². The highest BCUT2D eigenvalue weighted by Gasteiger charge is 2.20. The fourth-order valence-electron chi connectivity index (χ4n) is 2.61. The highest BCUT2D eigenvalue weighted by atomic mass is 16.5. The molecule has 1 atom stereocenters. The van der Waals surface area contributed by atoms with Gasteiger partial charge in [0.05, 0.1) is 6.10 Å². The first-order valence-electron chi connectivity index (χ1n) is 7.10. The lowest BCUT2D eigenvalue weighted by Crippen LogP contribution is -2.30. The summed E-state index contributed by atoms with van der Waals surface area (Å²) in [6.45, 7) is 3.97. The maximum absolute atomic E-state index is 5.70. The Bertz CT molecular complexity index is 404. The first kappa shape index (κ1) is 14.1. The fraction of sp³-hybridized carbons (Fsp3) is 0.714. The minimum Gasteiger partial charge on any atom is -0.376 e. The van der Waals surface area contributed by atoms with Crippen LogP contribution in [0.5, 0.6) is 0 Å². The Morgan fingerprint density at radius 3 is 2.95 bits per heavy atom. The Hall–Kier alpha value is -1.36. The standard InChI is InChI=1S/C14H24N4O/c1-4-6-12-13(15-2)16-10-17-14(12)18(3)9-11-7-5-8-19-11/h10-11H,4-9H2,1-3H3,(H,15,16,17). The summed E-state index contributed by atoms with van der Waals surface area (Å²) < 4.78 is 5.70. The van der Waals surface area contributed by atoms with Gasteiger partial charge in [-0.15, -0.1) is 0 Å². The van der Waals surface area contributed by atoms with Gasteiger partial charge in [-0.1, -0.05) is 13.3 Å². The lowest BCUT2D eigenvalue weighted by atomic mass is 10.1. The van der Waals surface area contributed by atoms with Gasteiger partial charge in [0.1, 0.15) is 18.0 Å². The zero-order chi connectivity index (χ0) is 13.7. The molecule has 5 nitrogen and oxygen atoms in total. The summed E-state index contributed by atoms with van der Waals surface area (Å²) in [6.07, 6.45) is 6.37. The number of nitrogens with one attached hydrogen (secondary N) is 1. The van der Waals surface area contributed by atoms with Crippen molar-refractivity contribution in [3.8, 4) is 0 Å². The maximum atomic E-state index is 5.70. The Morgan fingerprint density at radius 1 is 1.47 bits per heavy atom. The summed E-state index contributed by atoms with van der Waals surface area (Å²) in [5.74, 6) is 1.96. The number of rotatable bonds is 6. The van der Waals surface area contributed by atoms with Crippen molar-refractivity contribution in [1.29, 1.82) is 0 Å². The molecule has 2 heterocycles. The zero-order valence-electron chi connectivity index (χ0n) is 12.1. The van der Waals surface area contributed by atoms with Crippen molar-refractivity contribution >= 4 is 11.6 Å². The quantitative estimate of drug-likeness (QED) is 0.852. The van der Waals surface area contributed by atoms with Crippen LogP contribution in [0.3, 0.4) is 0 Å². The SMILES string of the molecule is CCCc1c(NC)ncnc1N(C)CC1CCCO1. The third kappa shape index (κ3) is 3.35. The van der Waals surface area contributed by atoms with Crippen LogP contribution >= 0.6 is 0 Å². The van der Waals surface area contributed by atoms with Gasteiger partial charge < -0.3 is 15.0 Å². The number of nitrogens with zero attached hydrogens (tertiary/aromatic N) is 3. The van der Waals surface area contributed by atoms with E-state index in [0.717, 1.165) is 44.0 Å². The van der Waals surface area contributed by atoms with Crippen molar-refractivity contribution in [3.63, 3.8) is 0 Å². The van der Waals surface area contributed by atoms with E-state index in [1.165, 1.54) is 12.0 Å². The van der Waals surface area contributed by atoms with Crippen molar-refractivity contribution in [1.82, 2.24) is 9.97 Å². The van der Waals surface area contributed by atoms with E-state index in [-0.39, 0.29) is 0 Å². The molecule has 1 aliphatic rings. The third-order valence-corrected chi connectivity index (χ3v) is 3.52. The molecule has 0 radical (unpaired) electrons. The summed E-state index contributed by atoms with van der Waals surface area (Å²) >= 11 is 0. The van der Waals surface area contributed by atoms with E-state index in [4.69, 9.17) is 4.74 Å². The number of aromatic nitrogens is 2. The van der Waals surface area contributed by atoms with Crippen LogP contribution in [0.15, 0.2) is 6.33 Å². The van der Waals surface area contributed by atoms with Crippen LogP contribution in [0.2, 0.25) is 0 Å². The Morgan fingerprint density at radius 2 is 2.32 bits per heavy atom. The predicted octanol–water partition coefficient (Wildman–Crippen LogP) is 2.09. The van der Waals surface area contributed by atoms with Gasteiger partial charge in [-0.2, -0.15) is 0 Å². The van der Waals surface area contributed by atoms with Crippen LogP contribution in [0, 0.1) is 0 Å². The molecular formula is C14H24N4O. The second-order valence-electron chi connectivity index (χ2n) is 5.04. The zero-order valence-corrected chi connectivity index (χ0v) is 12.1. The molecular weight excluding hydrogens is 240 g/mol. The first-order valence-corrected chi connectivity index (χ1v) is 7.10. The predicted molar refractivity (Wildman–Crippen MR) is 77.8 cm³/mol. The summed E-state index contributed by atoms with van der Waals surface area (Å²) in [4.78, 5) is 11.0. The first-order chi connectivity index (χ1) is 9.26. The molecule has 5 heteroatoms. The van der Waals surface area contributed by atoms with Crippen LogP contribution in [0.4, 0.5) is 11.6 Å². The molecule has 1 saturated heterocycles. The monoisotopic (exact) mass is 264 g/mol.